The number of Topliss-reactive ketones (excluding diaryl/α,β-unsaturated/α-hetero) is 1. The number of aromatic nitrogens is 5. The van der Waals surface area contributed by atoms with Crippen LogP contribution in [0.15, 0.2) is 47.3 Å². The number of benzene rings is 1. The highest BCUT2D eigenvalue weighted by atomic mass is 16.5. The fourth-order valence-corrected chi connectivity index (χ4v) is 4.01. The molecule has 0 radical (unpaired) electrons. The fourth-order valence-electron chi connectivity index (χ4n) is 4.01. The molecule has 0 unspecified atom stereocenters. The van der Waals surface area contributed by atoms with Crippen LogP contribution in [0.3, 0.4) is 0 Å². The Morgan fingerprint density at radius 1 is 1.03 bits per heavy atom. The molecule has 0 fully saturated rings. The lowest BCUT2D eigenvalue weighted by Crippen LogP contribution is -2.22. The second-order valence-corrected chi connectivity index (χ2v) is 7.97. The zero-order chi connectivity index (χ0) is 23.9. The molecule has 3 aromatic heterocycles. The third-order valence-electron chi connectivity index (χ3n) is 5.73. The van der Waals surface area contributed by atoms with Crippen molar-refractivity contribution in [3.63, 3.8) is 0 Å². The van der Waals surface area contributed by atoms with Gasteiger partial charge in [0.1, 0.15) is 5.69 Å². The summed E-state index contributed by atoms with van der Waals surface area (Å²) in [7, 11) is 1.82. The van der Waals surface area contributed by atoms with E-state index in [-0.39, 0.29) is 17.0 Å². The molecular weight excluding hydrogens is 422 g/mol. The number of ether oxygens (including phenoxy) is 1. The molecule has 0 atom stereocenters. The van der Waals surface area contributed by atoms with Crippen LogP contribution in [0.5, 0.6) is 0 Å². The van der Waals surface area contributed by atoms with E-state index in [0.29, 0.717) is 16.9 Å². The number of hydrogen-bond donors (Lipinski definition) is 1. The Labute approximate surface area is 190 Å². The van der Waals surface area contributed by atoms with Crippen LogP contribution in [0.2, 0.25) is 0 Å². The SMILES string of the molecule is Cc1cc(C(=O)OCC(=O)c2cc(C)n(-c3c(C)n(C)n(-c4ccccc4)c3=O)c2C)n[nH]1. The average molecular weight is 447 g/mol. The minimum atomic E-state index is -0.675. The Balaban J connectivity index is 1.67. The predicted molar refractivity (Wildman–Crippen MR) is 122 cm³/mol. The van der Waals surface area contributed by atoms with Gasteiger partial charge in [0.15, 0.2) is 12.3 Å². The highest BCUT2D eigenvalue weighted by molar-refractivity contribution is 6.00. The maximum atomic E-state index is 13.4. The first-order chi connectivity index (χ1) is 15.7. The molecule has 9 nitrogen and oxygen atoms in total. The number of hydrogen-bond acceptors (Lipinski definition) is 5. The lowest BCUT2D eigenvalue weighted by atomic mass is 10.1. The van der Waals surface area contributed by atoms with Crippen LogP contribution >= 0.6 is 0 Å². The van der Waals surface area contributed by atoms with E-state index in [1.807, 2.05) is 51.2 Å². The van der Waals surface area contributed by atoms with Crippen molar-refractivity contribution in [3.05, 3.63) is 86.9 Å². The predicted octanol–water partition coefficient (Wildman–Crippen LogP) is 2.96. The topological polar surface area (TPSA) is 104 Å². The van der Waals surface area contributed by atoms with Gasteiger partial charge in [0.25, 0.3) is 5.56 Å². The number of aryl methyl sites for hydroxylation is 2. The van der Waals surface area contributed by atoms with Gasteiger partial charge in [-0.25, -0.2) is 9.48 Å². The largest absolute Gasteiger partial charge is 0.453 e. The standard InChI is InChI=1S/C24H25N5O4/c1-14-11-20(26-25-14)24(32)33-13-21(30)19-12-15(2)28(16(19)3)22-17(4)27(5)29(23(22)31)18-9-7-6-8-10-18/h6-12H,13H2,1-5H3,(H,25,26). The molecule has 170 valence electrons. The molecule has 0 aliphatic rings. The first-order valence-electron chi connectivity index (χ1n) is 10.5. The van der Waals surface area contributed by atoms with Gasteiger partial charge in [0.2, 0.25) is 5.78 Å². The van der Waals surface area contributed by atoms with Gasteiger partial charge in [-0.3, -0.25) is 19.4 Å². The van der Waals surface area contributed by atoms with Crippen LogP contribution < -0.4 is 5.56 Å². The first-order valence-corrected chi connectivity index (χ1v) is 10.5. The Hall–Kier alpha value is -4.14. The van der Waals surface area contributed by atoms with Crippen molar-refractivity contribution >= 4 is 11.8 Å². The lowest BCUT2D eigenvalue weighted by molar-refractivity contribution is 0.0468. The Kier molecular flexibility index (Phi) is 5.63. The minimum Gasteiger partial charge on any atom is -0.453 e. The van der Waals surface area contributed by atoms with Crippen molar-refractivity contribution in [3.8, 4) is 11.4 Å². The van der Waals surface area contributed by atoms with Gasteiger partial charge in [-0.2, -0.15) is 5.10 Å². The van der Waals surface area contributed by atoms with Crippen LogP contribution in [0, 0.1) is 27.7 Å². The molecule has 0 bridgehead atoms. The molecule has 0 amide bonds. The molecule has 0 aliphatic carbocycles. The van der Waals surface area contributed by atoms with Gasteiger partial charge >= 0.3 is 5.97 Å². The van der Waals surface area contributed by atoms with Gasteiger partial charge in [0, 0.05) is 29.7 Å². The smallest absolute Gasteiger partial charge is 0.359 e. The molecule has 4 rings (SSSR count). The zero-order valence-electron chi connectivity index (χ0n) is 19.2. The number of nitrogens with zero attached hydrogens (tertiary/aromatic N) is 4. The highest BCUT2D eigenvalue weighted by Gasteiger charge is 2.24. The average Bonchev–Trinajstić information content (AvgIpc) is 3.42. The molecule has 1 aromatic carbocycles. The second kappa shape index (κ2) is 8.42. The number of para-hydroxylation sites is 1. The number of H-pyrrole nitrogens is 1. The highest BCUT2D eigenvalue weighted by Crippen LogP contribution is 2.23. The Morgan fingerprint density at radius 3 is 2.36 bits per heavy atom. The molecule has 0 spiro atoms. The minimum absolute atomic E-state index is 0.118. The van der Waals surface area contributed by atoms with Crippen molar-refractivity contribution in [2.75, 3.05) is 6.61 Å². The summed E-state index contributed by atoms with van der Waals surface area (Å²) < 4.78 is 10.3. The molecule has 33 heavy (non-hydrogen) atoms. The quantitative estimate of drug-likeness (QED) is 0.362. The van der Waals surface area contributed by atoms with E-state index in [0.717, 1.165) is 22.8 Å². The third-order valence-corrected chi connectivity index (χ3v) is 5.73. The normalized spacial score (nSPS) is 11.1. The van der Waals surface area contributed by atoms with Gasteiger partial charge < -0.3 is 9.30 Å². The molecule has 0 aliphatic heterocycles. The summed E-state index contributed by atoms with van der Waals surface area (Å²) in [4.78, 5) is 38.4. The van der Waals surface area contributed by atoms with Gasteiger partial charge in [-0.1, -0.05) is 18.2 Å². The van der Waals surface area contributed by atoms with E-state index >= 15 is 0 Å². The summed E-state index contributed by atoms with van der Waals surface area (Å²) in [5, 5.41) is 6.51. The fraction of sp³-hybridized carbons (Fsp3) is 0.250. The summed E-state index contributed by atoms with van der Waals surface area (Å²) in [5.41, 5.74) is 4.35. The van der Waals surface area contributed by atoms with Crippen LogP contribution in [-0.2, 0) is 11.8 Å². The summed E-state index contributed by atoms with van der Waals surface area (Å²) in [6, 6.07) is 12.6. The zero-order valence-corrected chi connectivity index (χ0v) is 19.2. The van der Waals surface area contributed by atoms with E-state index in [1.54, 1.807) is 39.9 Å². The number of carbonyl (C=O) groups is 2. The Bertz CT molecular complexity index is 1420. The van der Waals surface area contributed by atoms with E-state index in [4.69, 9.17) is 4.74 Å². The van der Waals surface area contributed by atoms with Crippen molar-refractivity contribution in [1.29, 1.82) is 0 Å². The number of esters is 1. The van der Waals surface area contributed by atoms with E-state index in [2.05, 4.69) is 10.2 Å². The molecule has 9 heteroatoms. The number of carbonyl (C=O) groups excluding carboxylic acids is 2. The molecule has 3 heterocycles. The van der Waals surface area contributed by atoms with Crippen molar-refractivity contribution < 1.29 is 14.3 Å². The maximum absolute atomic E-state index is 13.4. The van der Waals surface area contributed by atoms with Crippen LogP contribution in [0.1, 0.15) is 43.6 Å². The lowest BCUT2D eigenvalue weighted by Gasteiger charge is -2.08. The molecule has 1 N–H and O–H groups in total. The number of ketones is 1. The number of nitrogens with one attached hydrogen (secondary N) is 1. The van der Waals surface area contributed by atoms with E-state index in [9.17, 15) is 14.4 Å². The van der Waals surface area contributed by atoms with Crippen LogP contribution in [0.25, 0.3) is 11.4 Å². The molecule has 4 aromatic rings. The summed E-state index contributed by atoms with van der Waals surface area (Å²) >= 11 is 0. The molecular formula is C24H25N5O4. The van der Waals surface area contributed by atoms with Gasteiger partial charge in [-0.05, 0) is 52.0 Å². The van der Waals surface area contributed by atoms with Crippen molar-refractivity contribution in [1.82, 2.24) is 24.1 Å². The maximum Gasteiger partial charge on any atom is 0.359 e. The van der Waals surface area contributed by atoms with Crippen LogP contribution in [0.4, 0.5) is 0 Å². The molecule has 0 saturated heterocycles. The van der Waals surface area contributed by atoms with E-state index in [1.165, 1.54) is 0 Å². The number of rotatable bonds is 6. The summed E-state index contributed by atoms with van der Waals surface area (Å²) in [5.74, 6) is -1.03. The monoisotopic (exact) mass is 447 g/mol. The van der Waals surface area contributed by atoms with Crippen molar-refractivity contribution in [2.24, 2.45) is 7.05 Å². The van der Waals surface area contributed by atoms with E-state index < -0.39 is 12.6 Å². The van der Waals surface area contributed by atoms with Crippen molar-refractivity contribution in [2.45, 2.75) is 27.7 Å². The van der Waals surface area contributed by atoms with Gasteiger partial charge in [0.05, 0.1) is 11.4 Å². The summed E-state index contributed by atoms with van der Waals surface area (Å²) in [6.07, 6.45) is 0. The summed E-state index contributed by atoms with van der Waals surface area (Å²) in [6.45, 7) is 6.82. The number of aromatic amines is 1. The van der Waals surface area contributed by atoms with Gasteiger partial charge in [-0.15, -0.1) is 0 Å². The second-order valence-electron chi connectivity index (χ2n) is 7.97. The first kappa shape index (κ1) is 22.1. The molecule has 0 saturated carbocycles. The Morgan fingerprint density at radius 2 is 1.73 bits per heavy atom. The van der Waals surface area contributed by atoms with Crippen LogP contribution in [-0.4, -0.2) is 42.5 Å². The third kappa shape index (κ3) is 3.82.